The Balaban J connectivity index is 1.73. The molecule has 0 unspecified atom stereocenters. The predicted octanol–water partition coefficient (Wildman–Crippen LogP) is 2.56. The number of halogens is 2. The van der Waals surface area contributed by atoms with Gasteiger partial charge in [-0.25, -0.2) is 17.2 Å². The Labute approximate surface area is 162 Å². The summed E-state index contributed by atoms with van der Waals surface area (Å²) < 4.78 is 59.7. The van der Waals surface area contributed by atoms with Crippen LogP contribution in [0.4, 0.5) is 8.78 Å². The van der Waals surface area contributed by atoms with E-state index in [0.29, 0.717) is 25.1 Å². The van der Waals surface area contributed by atoms with Crippen molar-refractivity contribution in [3.05, 3.63) is 59.7 Å². The van der Waals surface area contributed by atoms with Gasteiger partial charge in [-0.1, -0.05) is 6.07 Å². The van der Waals surface area contributed by atoms with Crippen LogP contribution in [0.1, 0.15) is 23.2 Å². The largest absolute Gasteiger partial charge is 0.497 e. The van der Waals surface area contributed by atoms with E-state index < -0.39 is 39.2 Å². The molecule has 1 atom stereocenters. The highest BCUT2D eigenvalue weighted by Crippen LogP contribution is 2.27. The van der Waals surface area contributed by atoms with E-state index in [-0.39, 0.29) is 11.4 Å². The van der Waals surface area contributed by atoms with Crippen LogP contribution in [0.15, 0.2) is 47.4 Å². The normalized spacial score (nSPS) is 17.5. The molecule has 3 rings (SSSR count). The highest BCUT2D eigenvalue weighted by molar-refractivity contribution is 7.89. The number of nitrogens with one attached hydrogen (secondary N) is 1. The van der Waals surface area contributed by atoms with Crippen LogP contribution in [-0.2, 0) is 10.0 Å². The van der Waals surface area contributed by atoms with E-state index in [4.69, 9.17) is 4.74 Å². The van der Waals surface area contributed by atoms with Crippen molar-refractivity contribution < 1.29 is 26.7 Å². The molecule has 1 N–H and O–H groups in total. The van der Waals surface area contributed by atoms with E-state index in [1.165, 1.54) is 29.6 Å². The van der Waals surface area contributed by atoms with Gasteiger partial charge in [0.1, 0.15) is 22.9 Å². The maximum atomic E-state index is 13.7. The van der Waals surface area contributed by atoms with Crippen molar-refractivity contribution in [1.82, 2.24) is 9.62 Å². The van der Waals surface area contributed by atoms with Crippen molar-refractivity contribution in [2.24, 2.45) is 0 Å². The Morgan fingerprint density at radius 2 is 1.82 bits per heavy atom. The van der Waals surface area contributed by atoms with Crippen LogP contribution in [0.5, 0.6) is 5.75 Å². The lowest BCUT2D eigenvalue weighted by molar-refractivity contribution is 0.0938. The van der Waals surface area contributed by atoms with Crippen LogP contribution >= 0.6 is 0 Å². The van der Waals surface area contributed by atoms with Crippen LogP contribution < -0.4 is 10.1 Å². The number of amides is 1. The van der Waals surface area contributed by atoms with Gasteiger partial charge >= 0.3 is 0 Å². The van der Waals surface area contributed by atoms with Gasteiger partial charge in [-0.15, -0.1) is 0 Å². The van der Waals surface area contributed by atoms with Gasteiger partial charge in [0.2, 0.25) is 10.0 Å². The number of nitrogens with zero attached hydrogens (tertiary/aromatic N) is 1. The summed E-state index contributed by atoms with van der Waals surface area (Å²) in [6.07, 6.45) is 1.17. The highest BCUT2D eigenvalue weighted by Gasteiger charge is 2.35. The van der Waals surface area contributed by atoms with Gasteiger partial charge < -0.3 is 10.1 Å². The number of methoxy groups -OCH3 is 1. The maximum Gasteiger partial charge on any atom is 0.257 e. The number of ether oxygens (including phenoxy) is 1. The van der Waals surface area contributed by atoms with Crippen LogP contribution in [0, 0.1) is 11.6 Å². The Morgan fingerprint density at radius 1 is 1.18 bits per heavy atom. The lowest BCUT2D eigenvalue weighted by atomic mass is 10.1. The van der Waals surface area contributed by atoms with Crippen LogP contribution in [0.25, 0.3) is 0 Å². The van der Waals surface area contributed by atoms with Gasteiger partial charge in [-0.3, -0.25) is 4.79 Å². The summed E-state index contributed by atoms with van der Waals surface area (Å²) in [6.45, 7) is 0.269. The number of hydrogen-bond acceptors (Lipinski definition) is 4. The zero-order valence-corrected chi connectivity index (χ0v) is 16.0. The molecule has 0 spiro atoms. The van der Waals surface area contributed by atoms with Gasteiger partial charge in [0.25, 0.3) is 5.91 Å². The smallest absolute Gasteiger partial charge is 0.257 e. The molecule has 28 heavy (non-hydrogen) atoms. The SMILES string of the molecule is COc1ccc(S(=O)(=O)N2CCC[C@H]2CNC(=O)c2c(F)cccc2F)cc1. The minimum absolute atomic E-state index is 0.0397. The van der Waals surface area contributed by atoms with E-state index in [1.807, 2.05) is 0 Å². The van der Waals surface area contributed by atoms with Gasteiger partial charge in [0, 0.05) is 19.1 Å². The average Bonchev–Trinajstić information content (AvgIpc) is 3.16. The third kappa shape index (κ3) is 4.00. The standard InChI is InChI=1S/C19H20F2N2O4S/c1-27-14-7-9-15(10-8-14)28(25,26)23-11-3-4-13(23)12-22-19(24)18-16(20)5-2-6-17(18)21/h2,5-10,13H,3-4,11-12H2,1H3,(H,22,24)/t13-/m0/s1. The van der Waals surface area contributed by atoms with E-state index in [1.54, 1.807) is 12.1 Å². The predicted molar refractivity (Wildman–Crippen MR) is 98.6 cm³/mol. The molecule has 1 aliphatic rings. The van der Waals surface area contributed by atoms with E-state index >= 15 is 0 Å². The Bertz CT molecular complexity index is 944. The zero-order valence-electron chi connectivity index (χ0n) is 15.2. The number of carbonyl (C=O) groups excluding carboxylic acids is 1. The Hall–Kier alpha value is -2.52. The minimum Gasteiger partial charge on any atom is -0.497 e. The van der Waals surface area contributed by atoms with Gasteiger partial charge in [0.15, 0.2) is 0 Å². The fraction of sp³-hybridized carbons (Fsp3) is 0.316. The molecule has 2 aromatic rings. The summed E-state index contributed by atoms with van der Waals surface area (Å²) in [5.41, 5.74) is -0.676. The molecule has 0 aliphatic carbocycles. The van der Waals surface area contributed by atoms with Crippen LogP contribution in [0.2, 0.25) is 0 Å². The zero-order chi connectivity index (χ0) is 20.3. The number of sulfonamides is 1. The van der Waals surface area contributed by atoms with Gasteiger partial charge in [-0.05, 0) is 49.2 Å². The first-order chi connectivity index (χ1) is 13.3. The summed E-state index contributed by atoms with van der Waals surface area (Å²) >= 11 is 0. The third-order valence-corrected chi connectivity index (χ3v) is 6.64. The molecule has 1 amide bonds. The van der Waals surface area contributed by atoms with Crippen molar-refractivity contribution in [3.63, 3.8) is 0 Å². The van der Waals surface area contributed by atoms with Crippen molar-refractivity contribution >= 4 is 15.9 Å². The number of benzene rings is 2. The fourth-order valence-electron chi connectivity index (χ4n) is 3.23. The Morgan fingerprint density at radius 3 is 2.43 bits per heavy atom. The van der Waals surface area contributed by atoms with E-state index in [2.05, 4.69) is 5.32 Å². The monoisotopic (exact) mass is 410 g/mol. The summed E-state index contributed by atoms with van der Waals surface area (Å²) in [4.78, 5) is 12.3. The molecule has 0 radical (unpaired) electrons. The second-order valence-electron chi connectivity index (χ2n) is 6.39. The number of hydrogen-bond donors (Lipinski definition) is 1. The molecule has 9 heteroatoms. The summed E-state index contributed by atoms with van der Waals surface area (Å²) in [6, 6.07) is 8.68. The first-order valence-corrected chi connectivity index (χ1v) is 10.2. The molecule has 1 heterocycles. The van der Waals surface area contributed by atoms with Crippen molar-refractivity contribution in [2.45, 2.75) is 23.8 Å². The minimum atomic E-state index is -3.76. The lowest BCUT2D eigenvalue weighted by Crippen LogP contribution is -2.43. The molecular formula is C19H20F2N2O4S. The highest BCUT2D eigenvalue weighted by atomic mass is 32.2. The van der Waals surface area contributed by atoms with Crippen LogP contribution in [0.3, 0.4) is 0 Å². The van der Waals surface area contributed by atoms with Crippen LogP contribution in [-0.4, -0.2) is 44.9 Å². The molecule has 1 aliphatic heterocycles. The fourth-order valence-corrected chi connectivity index (χ4v) is 4.92. The molecule has 0 aromatic heterocycles. The summed E-state index contributed by atoms with van der Waals surface area (Å²) in [7, 11) is -2.28. The summed E-state index contributed by atoms with van der Waals surface area (Å²) in [5.74, 6) is -2.31. The second kappa shape index (κ2) is 8.24. The van der Waals surface area contributed by atoms with E-state index in [9.17, 15) is 22.0 Å². The van der Waals surface area contributed by atoms with Crippen molar-refractivity contribution in [3.8, 4) is 5.75 Å². The lowest BCUT2D eigenvalue weighted by Gasteiger charge is -2.24. The van der Waals surface area contributed by atoms with Crippen molar-refractivity contribution in [2.75, 3.05) is 20.2 Å². The molecular weight excluding hydrogens is 390 g/mol. The van der Waals surface area contributed by atoms with Gasteiger partial charge in [0.05, 0.1) is 12.0 Å². The number of carbonyl (C=O) groups is 1. The molecule has 150 valence electrons. The quantitative estimate of drug-likeness (QED) is 0.794. The molecule has 2 aromatic carbocycles. The third-order valence-electron chi connectivity index (χ3n) is 4.68. The van der Waals surface area contributed by atoms with Crippen molar-refractivity contribution in [1.29, 1.82) is 0 Å². The molecule has 1 saturated heterocycles. The first kappa shape index (κ1) is 20.2. The summed E-state index contributed by atoms with van der Waals surface area (Å²) in [5, 5.41) is 2.45. The van der Waals surface area contributed by atoms with Gasteiger partial charge in [-0.2, -0.15) is 4.31 Å². The Kier molecular flexibility index (Phi) is 5.95. The molecule has 0 bridgehead atoms. The average molecular weight is 410 g/mol. The number of rotatable bonds is 6. The molecule has 6 nitrogen and oxygen atoms in total. The maximum absolute atomic E-state index is 13.7. The van der Waals surface area contributed by atoms with E-state index in [0.717, 1.165) is 12.1 Å². The second-order valence-corrected chi connectivity index (χ2v) is 8.28. The molecule has 0 saturated carbocycles. The molecule has 1 fully saturated rings. The topological polar surface area (TPSA) is 75.7 Å². The first-order valence-electron chi connectivity index (χ1n) is 8.72.